The number of anilines is 3. The summed E-state index contributed by atoms with van der Waals surface area (Å²) < 4.78 is 13.0. The van der Waals surface area contributed by atoms with Crippen molar-refractivity contribution >= 4 is 71.7 Å². The molecule has 0 bridgehead atoms. The van der Waals surface area contributed by atoms with Gasteiger partial charge in [0.2, 0.25) is 0 Å². The van der Waals surface area contributed by atoms with Crippen LogP contribution in [0.5, 0.6) is 0 Å². The van der Waals surface area contributed by atoms with Gasteiger partial charge in [-0.1, -0.05) is 91.0 Å². The first-order valence-electron chi connectivity index (χ1n) is 15.3. The molecule has 7 aromatic carbocycles. The lowest BCUT2D eigenvalue weighted by Crippen LogP contribution is -2.23. The van der Waals surface area contributed by atoms with Crippen molar-refractivity contribution in [3.05, 3.63) is 151 Å². The Hall–Kier alpha value is -6.00. The number of nitrogens with zero attached hydrogens (tertiary/aromatic N) is 1. The number of nitrogens with one attached hydrogen (secondary N) is 1. The van der Waals surface area contributed by atoms with Crippen LogP contribution in [0, 0.1) is 0 Å². The summed E-state index contributed by atoms with van der Waals surface area (Å²) in [5.41, 5.74) is 10.4. The SMILES string of the molecule is c1ccc(C2Nc3ccccc3N2c2ccc3c(c2)oc2cc(-c4cc5c6ccccc6oc5c5ccccc45)ccc23)cc1. The molecule has 3 heterocycles. The van der Waals surface area contributed by atoms with Crippen molar-refractivity contribution in [2.24, 2.45) is 0 Å². The third-order valence-corrected chi connectivity index (χ3v) is 9.26. The molecule has 0 amide bonds. The third-order valence-electron chi connectivity index (χ3n) is 9.26. The van der Waals surface area contributed by atoms with E-state index in [2.05, 4.69) is 144 Å². The third kappa shape index (κ3) is 3.60. The molecule has 0 saturated heterocycles. The molecule has 4 nitrogen and oxygen atoms in total. The van der Waals surface area contributed by atoms with Gasteiger partial charge in [0.05, 0.1) is 11.4 Å². The second kappa shape index (κ2) is 9.25. The van der Waals surface area contributed by atoms with E-state index < -0.39 is 0 Å². The lowest BCUT2D eigenvalue weighted by Gasteiger charge is -2.27. The largest absolute Gasteiger partial charge is 0.456 e. The van der Waals surface area contributed by atoms with Crippen LogP contribution in [0.3, 0.4) is 0 Å². The van der Waals surface area contributed by atoms with Crippen LogP contribution in [0.25, 0.3) is 65.8 Å². The summed E-state index contributed by atoms with van der Waals surface area (Å²) in [6.45, 7) is 0. The molecule has 4 heteroatoms. The number of fused-ring (bicyclic) bond motifs is 9. The van der Waals surface area contributed by atoms with Crippen LogP contribution in [-0.2, 0) is 0 Å². The zero-order valence-electron chi connectivity index (χ0n) is 24.2. The summed E-state index contributed by atoms with van der Waals surface area (Å²) >= 11 is 0. The molecular formula is C41H26N2O2. The van der Waals surface area contributed by atoms with E-state index in [1.165, 1.54) is 5.56 Å². The van der Waals surface area contributed by atoms with E-state index in [4.69, 9.17) is 8.83 Å². The van der Waals surface area contributed by atoms with E-state index in [-0.39, 0.29) is 6.17 Å². The van der Waals surface area contributed by atoms with Crippen molar-refractivity contribution in [2.75, 3.05) is 10.2 Å². The Morgan fingerprint density at radius 1 is 0.489 bits per heavy atom. The van der Waals surface area contributed by atoms with Crippen molar-refractivity contribution in [1.29, 1.82) is 0 Å². The molecule has 10 rings (SSSR count). The fourth-order valence-electron chi connectivity index (χ4n) is 7.18. The highest BCUT2D eigenvalue weighted by atomic mass is 16.3. The predicted molar refractivity (Wildman–Crippen MR) is 185 cm³/mol. The van der Waals surface area contributed by atoms with Gasteiger partial charge in [-0.25, -0.2) is 0 Å². The maximum Gasteiger partial charge on any atom is 0.143 e. The second-order valence-electron chi connectivity index (χ2n) is 11.8. The van der Waals surface area contributed by atoms with Crippen LogP contribution in [-0.4, -0.2) is 0 Å². The summed E-state index contributed by atoms with van der Waals surface area (Å²) in [6, 6.07) is 51.3. The van der Waals surface area contributed by atoms with E-state index in [9.17, 15) is 0 Å². The number of rotatable bonds is 3. The highest BCUT2D eigenvalue weighted by Crippen LogP contribution is 2.47. The minimum absolute atomic E-state index is 0.0146. The number of hydrogen-bond acceptors (Lipinski definition) is 4. The molecule has 1 N–H and O–H groups in total. The highest BCUT2D eigenvalue weighted by Gasteiger charge is 2.31. The number of hydrogen-bond donors (Lipinski definition) is 1. The average molecular weight is 579 g/mol. The zero-order chi connectivity index (χ0) is 29.5. The predicted octanol–water partition coefficient (Wildman–Crippen LogP) is 11.6. The lowest BCUT2D eigenvalue weighted by molar-refractivity contribution is 0.668. The summed E-state index contributed by atoms with van der Waals surface area (Å²) in [4.78, 5) is 2.36. The molecular weight excluding hydrogens is 552 g/mol. The molecule has 1 unspecified atom stereocenters. The van der Waals surface area contributed by atoms with E-state index in [0.29, 0.717) is 0 Å². The smallest absolute Gasteiger partial charge is 0.143 e. The van der Waals surface area contributed by atoms with E-state index in [1.807, 2.05) is 12.1 Å². The summed E-state index contributed by atoms with van der Waals surface area (Å²) in [5.74, 6) is 0. The first kappa shape index (κ1) is 24.4. The van der Waals surface area contributed by atoms with Crippen molar-refractivity contribution in [2.45, 2.75) is 6.17 Å². The van der Waals surface area contributed by atoms with Crippen LogP contribution in [0.2, 0.25) is 0 Å². The Balaban J connectivity index is 1.13. The van der Waals surface area contributed by atoms with E-state index in [0.717, 1.165) is 82.8 Å². The monoisotopic (exact) mass is 578 g/mol. The molecule has 0 radical (unpaired) electrons. The first-order valence-corrected chi connectivity index (χ1v) is 15.3. The summed E-state index contributed by atoms with van der Waals surface area (Å²) in [7, 11) is 0. The fourth-order valence-corrected chi connectivity index (χ4v) is 7.18. The van der Waals surface area contributed by atoms with Gasteiger partial charge in [0.15, 0.2) is 0 Å². The Bertz CT molecular complexity index is 2600. The molecule has 0 saturated carbocycles. The Morgan fingerprint density at radius 3 is 2.07 bits per heavy atom. The molecule has 212 valence electrons. The molecule has 2 aromatic heterocycles. The van der Waals surface area contributed by atoms with Crippen LogP contribution < -0.4 is 10.2 Å². The molecule has 0 aliphatic carbocycles. The molecule has 9 aromatic rings. The van der Waals surface area contributed by atoms with Crippen LogP contribution in [0.15, 0.2) is 154 Å². The minimum atomic E-state index is -0.0146. The van der Waals surface area contributed by atoms with E-state index >= 15 is 0 Å². The van der Waals surface area contributed by atoms with Crippen molar-refractivity contribution in [3.63, 3.8) is 0 Å². The fraction of sp³-hybridized carbons (Fsp3) is 0.0244. The molecule has 45 heavy (non-hydrogen) atoms. The van der Waals surface area contributed by atoms with Crippen molar-refractivity contribution in [1.82, 2.24) is 0 Å². The second-order valence-corrected chi connectivity index (χ2v) is 11.8. The van der Waals surface area contributed by atoms with Gasteiger partial charge in [-0.3, -0.25) is 0 Å². The quantitative estimate of drug-likeness (QED) is 0.226. The Morgan fingerprint density at radius 2 is 1.18 bits per heavy atom. The van der Waals surface area contributed by atoms with Crippen molar-refractivity contribution < 1.29 is 8.83 Å². The summed E-state index contributed by atoms with van der Waals surface area (Å²) in [6.07, 6.45) is -0.0146. The number of para-hydroxylation sites is 3. The molecule has 1 atom stereocenters. The van der Waals surface area contributed by atoms with Crippen LogP contribution >= 0.6 is 0 Å². The Kier molecular flexibility index (Phi) is 5.02. The van der Waals surface area contributed by atoms with Gasteiger partial charge in [-0.15, -0.1) is 0 Å². The van der Waals surface area contributed by atoms with E-state index in [1.54, 1.807) is 0 Å². The standard InChI is InChI=1S/C41H26N2O2/c1-2-10-25(11-3-1)41-42-35-15-7-8-16-36(35)43(41)27-19-21-31-30-20-18-26(22-38(30)44-39(31)23-27)33-24-34-29-13-6-9-17-37(29)45-40(34)32-14-5-4-12-28(32)33/h1-24,41-42H. The van der Waals surface area contributed by atoms with Crippen LogP contribution in [0.1, 0.15) is 11.7 Å². The van der Waals surface area contributed by atoms with Gasteiger partial charge in [0.1, 0.15) is 28.5 Å². The molecule has 1 aliphatic rings. The Labute approximate surface area is 258 Å². The highest BCUT2D eigenvalue weighted by molar-refractivity contribution is 6.19. The minimum Gasteiger partial charge on any atom is -0.456 e. The first-order chi connectivity index (χ1) is 22.3. The van der Waals surface area contributed by atoms with Gasteiger partial charge >= 0.3 is 0 Å². The van der Waals surface area contributed by atoms with Gasteiger partial charge < -0.3 is 19.1 Å². The average Bonchev–Trinajstić information content (AvgIpc) is 3.79. The normalized spacial score (nSPS) is 14.6. The van der Waals surface area contributed by atoms with Gasteiger partial charge in [-0.2, -0.15) is 0 Å². The molecule has 1 aliphatic heterocycles. The summed E-state index contributed by atoms with van der Waals surface area (Å²) in [5, 5.41) is 10.5. The molecule has 0 fully saturated rings. The number of furan rings is 2. The number of benzene rings is 7. The topological polar surface area (TPSA) is 41.5 Å². The zero-order valence-corrected chi connectivity index (χ0v) is 24.2. The maximum absolute atomic E-state index is 6.63. The van der Waals surface area contributed by atoms with Crippen molar-refractivity contribution in [3.8, 4) is 11.1 Å². The van der Waals surface area contributed by atoms with Gasteiger partial charge in [0, 0.05) is 38.7 Å². The van der Waals surface area contributed by atoms with Gasteiger partial charge in [-0.05, 0) is 70.6 Å². The maximum atomic E-state index is 6.63. The lowest BCUT2D eigenvalue weighted by atomic mass is 9.95. The molecule has 0 spiro atoms. The van der Waals surface area contributed by atoms with Gasteiger partial charge in [0.25, 0.3) is 0 Å². The van der Waals surface area contributed by atoms with Crippen LogP contribution in [0.4, 0.5) is 17.1 Å².